The quantitative estimate of drug-likeness (QED) is 0.638. The zero-order chi connectivity index (χ0) is 13.5. The summed E-state index contributed by atoms with van der Waals surface area (Å²) in [6.45, 7) is 2.38. The Hall–Kier alpha value is -2.49. The Morgan fingerprint density at radius 3 is 2.74 bits per heavy atom. The van der Waals surface area contributed by atoms with E-state index in [9.17, 15) is 5.11 Å². The summed E-state index contributed by atoms with van der Waals surface area (Å²) in [5, 5.41) is 13.7. The van der Waals surface area contributed by atoms with Crippen LogP contribution in [0.5, 0.6) is 11.5 Å². The van der Waals surface area contributed by atoms with Gasteiger partial charge in [-0.15, -0.1) is 0 Å². The maximum atomic E-state index is 9.58. The minimum Gasteiger partial charge on any atom is -0.504 e. The van der Waals surface area contributed by atoms with Gasteiger partial charge in [0.25, 0.3) is 0 Å². The number of hydrogen-bond acceptors (Lipinski definition) is 4. The van der Waals surface area contributed by atoms with Crippen LogP contribution < -0.4 is 10.2 Å². The minimum atomic E-state index is 0.134. The van der Waals surface area contributed by atoms with E-state index in [1.807, 2.05) is 37.3 Å². The van der Waals surface area contributed by atoms with Crippen LogP contribution in [0.15, 0.2) is 53.6 Å². The van der Waals surface area contributed by atoms with Crippen molar-refractivity contribution in [3.63, 3.8) is 0 Å². The summed E-state index contributed by atoms with van der Waals surface area (Å²) in [4.78, 5) is 0. The van der Waals surface area contributed by atoms with Crippen molar-refractivity contribution in [2.75, 3.05) is 12.0 Å². The first-order valence-corrected chi connectivity index (χ1v) is 6.09. The van der Waals surface area contributed by atoms with E-state index in [4.69, 9.17) is 4.74 Å². The van der Waals surface area contributed by atoms with Crippen LogP contribution in [0.25, 0.3) is 0 Å². The van der Waals surface area contributed by atoms with Gasteiger partial charge < -0.3 is 9.84 Å². The van der Waals surface area contributed by atoms with Gasteiger partial charge in [0, 0.05) is 0 Å². The highest BCUT2D eigenvalue weighted by Crippen LogP contribution is 2.26. The Balaban J connectivity index is 2.04. The molecule has 0 aliphatic carbocycles. The zero-order valence-electron chi connectivity index (χ0n) is 10.7. The second-order valence-electron chi connectivity index (χ2n) is 3.90. The molecule has 98 valence electrons. The molecular weight excluding hydrogens is 240 g/mol. The van der Waals surface area contributed by atoms with Gasteiger partial charge in [-0.1, -0.05) is 18.2 Å². The fourth-order valence-electron chi connectivity index (χ4n) is 1.58. The molecule has 0 aromatic heterocycles. The topological polar surface area (TPSA) is 53.8 Å². The lowest BCUT2D eigenvalue weighted by Crippen LogP contribution is -1.94. The summed E-state index contributed by atoms with van der Waals surface area (Å²) in [6, 6.07) is 14.8. The normalized spacial score (nSPS) is 10.6. The van der Waals surface area contributed by atoms with Crippen LogP contribution in [0.1, 0.15) is 12.5 Å². The molecule has 0 bridgehead atoms. The maximum absolute atomic E-state index is 9.58. The molecule has 4 heteroatoms. The second kappa shape index (κ2) is 6.44. The largest absolute Gasteiger partial charge is 0.504 e. The lowest BCUT2D eigenvalue weighted by atomic mass is 10.2. The predicted molar refractivity (Wildman–Crippen MR) is 76.9 cm³/mol. The van der Waals surface area contributed by atoms with E-state index in [1.54, 1.807) is 24.4 Å². The van der Waals surface area contributed by atoms with Crippen LogP contribution in [0.2, 0.25) is 0 Å². The van der Waals surface area contributed by atoms with E-state index in [0.717, 1.165) is 11.3 Å². The highest BCUT2D eigenvalue weighted by molar-refractivity contribution is 5.81. The molecule has 0 amide bonds. The molecule has 0 atom stereocenters. The van der Waals surface area contributed by atoms with Crippen LogP contribution in [0.4, 0.5) is 5.69 Å². The van der Waals surface area contributed by atoms with Crippen molar-refractivity contribution in [1.29, 1.82) is 0 Å². The van der Waals surface area contributed by atoms with Gasteiger partial charge in [0.1, 0.15) is 0 Å². The number of hydrazone groups is 1. The van der Waals surface area contributed by atoms with Crippen LogP contribution in [-0.2, 0) is 0 Å². The first-order chi connectivity index (χ1) is 9.29. The van der Waals surface area contributed by atoms with Crippen LogP contribution in [0, 0.1) is 0 Å². The Morgan fingerprint density at radius 1 is 1.21 bits per heavy atom. The van der Waals surface area contributed by atoms with E-state index < -0.39 is 0 Å². The molecule has 0 aliphatic rings. The van der Waals surface area contributed by atoms with E-state index in [0.29, 0.717) is 12.4 Å². The van der Waals surface area contributed by atoms with Crippen molar-refractivity contribution in [2.45, 2.75) is 6.92 Å². The van der Waals surface area contributed by atoms with E-state index in [-0.39, 0.29) is 5.75 Å². The number of phenolic OH excluding ortho intramolecular Hbond substituents is 1. The highest BCUT2D eigenvalue weighted by Gasteiger charge is 2.01. The van der Waals surface area contributed by atoms with E-state index in [1.165, 1.54) is 0 Å². The summed E-state index contributed by atoms with van der Waals surface area (Å²) in [5.74, 6) is 0.598. The Bertz CT molecular complexity index is 553. The molecule has 2 aromatic rings. The molecule has 4 nitrogen and oxygen atoms in total. The van der Waals surface area contributed by atoms with Crippen molar-refractivity contribution >= 4 is 11.9 Å². The molecule has 19 heavy (non-hydrogen) atoms. The van der Waals surface area contributed by atoms with E-state index in [2.05, 4.69) is 10.5 Å². The number of para-hydroxylation sites is 1. The van der Waals surface area contributed by atoms with Gasteiger partial charge in [-0.05, 0) is 42.8 Å². The average Bonchev–Trinajstić information content (AvgIpc) is 2.44. The summed E-state index contributed by atoms with van der Waals surface area (Å²) >= 11 is 0. The monoisotopic (exact) mass is 256 g/mol. The number of ether oxygens (including phenoxy) is 1. The SMILES string of the molecule is CCOc1cc(/C=N\Nc2ccccc2)ccc1O. The van der Waals surface area contributed by atoms with Crippen LogP contribution in [0.3, 0.4) is 0 Å². The van der Waals surface area contributed by atoms with Crippen molar-refractivity contribution in [2.24, 2.45) is 5.10 Å². The van der Waals surface area contributed by atoms with Crippen molar-refractivity contribution in [1.82, 2.24) is 0 Å². The molecule has 2 N–H and O–H groups in total. The number of phenols is 1. The number of nitrogens with zero attached hydrogens (tertiary/aromatic N) is 1. The summed E-state index contributed by atoms with van der Waals surface area (Å²) in [7, 11) is 0. The van der Waals surface area contributed by atoms with Crippen LogP contribution >= 0.6 is 0 Å². The van der Waals surface area contributed by atoms with Gasteiger partial charge in [0.15, 0.2) is 11.5 Å². The van der Waals surface area contributed by atoms with E-state index >= 15 is 0 Å². The lowest BCUT2D eigenvalue weighted by Gasteiger charge is -2.06. The van der Waals surface area contributed by atoms with Crippen molar-refractivity contribution in [3.05, 3.63) is 54.1 Å². The number of nitrogens with one attached hydrogen (secondary N) is 1. The van der Waals surface area contributed by atoms with Crippen molar-refractivity contribution < 1.29 is 9.84 Å². The van der Waals surface area contributed by atoms with Crippen LogP contribution in [-0.4, -0.2) is 17.9 Å². The zero-order valence-corrected chi connectivity index (χ0v) is 10.7. The molecule has 0 heterocycles. The smallest absolute Gasteiger partial charge is 0.161 e. The second-order valence-corrected chi connectivity index (χ2v) is 3.90. The summed E-state index contributed by atoms with van der Waals surface area (Å²) in [5.41, 5.74) is 4.70. The lowest BCUT2D eigenvalue weighted by molar-refractivity contribution is 0.318. The predicted octanol–water partition coefficient (Wildman–Crippen LogP) is 3.24. The third-order valence-corrected chi connectivity index (χ3v) is 2.46. The molecular formula is C15H16N2O2. The fourth-order valence-corrected chi connectivity index (χ4v) is 1.58. The Kier molecular flexibility index (Phi) is 4.39. The molecule has 0 spiro atoms. The number of rotatable bonds is 5. The first kappa shape index (κ1) is 13.0. The summed E-state index contributed by atoms with van der Waals surface area (Å²) in [6.07, 6.45) is 1.68. The van der Waals surface area contributed by atoms with Gasteiger partial charge in [-0.3, -0.25) is 5.43 Å². The maximum Gasteiger partial charge on any atom is 0.161 e. The third-order valence-electron chi connectivity index (χ3n) is 2.46. The number of hydrogen-bond donors (Lipinski definition) is 2. The molecule has 0 radical (unpaired) electrons. The highest BCUT2D eigenvalue weighted by atomic mass is 16.5. The summed E-state index contributed by atoms with van der Waals surface area (Å²) < 4.78 is 5.31. The minimum absolute atomic E-state index is 0.134. The Morgan fingerprint density at radius 2 is 2.00 bits per heavy atom. The molecule has 0 fully saturated rings. The number of aromatic hydroxyl groups is 1. The number of benzene rings is 2. The molecule has 0 saturated heterocycles. The number of anilines is 1. The van der Waals surface area contributed by atoms with Gasteiger partial charge in [-0.2, -0.15) is 5.10 Å². The third kappa shape index (κ3) is 3.74. The molecule has 2 aromatic carbocycles. The van der Waals surface area contributed by atoms with Crippen molar-refractivity contribution in [3.8, 4) is 11.5 Å². The molecule has 0 aliphatic heterocycles. The van der Waals surface area contributed by atoms with Gasteiger partial charge in [-0.25, -0.2) is 0 Å². The average molecular weight is 256 g/mol. The molecule has 2 rings (SSSR count). The first-order valence-electron chi connectivity index (χ1n) is 6.09. The molecule has 0 unspecified atom stereocenters. The van der Waals surface area contributed by atoms with Gasteiger partial charge in [0.2, 0.25) is 0 Å². The van der Waals surface area contributed by atoms with Gasteiger partial charge in [0.05, 0.1) is 18.5 Å². The fraction of sp³-hybridized carbons (Fsp3) is 0.133. The van der Waals surface area contributed by atoms with Gasteiger partial charge >= 0.3 is 0 Å². The Labute approximate surface area is 112 Å². The standard InChI is InChI=1S/C15H16N2O2/c1-2-19-15-10-12(8-9-14(15)18)11-16-17-13-6-4-3-5-7-13/h3-11,17-18H,2H2,1H3/b16-11-. The molecule has 0 saturated carbocycles.